The zero-order valence-corrected chi connectivity index (χ0v) is 9.91. The van der Waals surface area contributed by atoms with Crippen LogP contribution in [-0.2, 0) is 14.3 Å². The molecule has 0 spiro atoms. The summed E-state index contributed by atoms with van der Waals surface area (Å²) < 4.78 is 11.8. The topological polar surface area (TPSA) is 38.8 Å². The molecule has 16 heavy (non-hydrogen) atoms. The maximum absolute atomic E-state index is 11.4. The Morgan fingerprint density at radius 3 is 2.94 bits per heavy atom. The van der Waals surface area contributed by atoms with E-state index in [0.717, 1.165) is 6.42 Å². The standard InChI is InChI=1S/C13H18O3/c1-11(2)4-3-5-12-7-8-6-9(14)15-10(8)13(11,12)16-12/h8,10H,3-7H2,1-2H3/t8-,10-,12+,13+/m0/s1. The highest BCUT2D eigenvalue weighted by Crippen LogP contribution is 2.75. The Bertz CT molecular complexity index is 389. The van der Waals surface area contributed by atoms with Gasteiger partial charge in [-0.1, -0.05) is 13.8 Å². The summed E-state index contributed by atoms with van der Waals surface area (Å²) in [6.45, 7) is 4.56. The van der Waals surface area contributed by atoms with E-state index >= 15 is 0 Å². The van der Waals surface area contributed by atoms with Crippen LogP contribution in [0, 0.1) is 11.3 Å². The molecule has 88 valence electrons. The predicted octanol–water partition coefficient (Wildman–Crippen LogP) is 2.04. The molecule has 2 heterocycles. The summed E-state index contributed by atoms with van der Waals surface area (Å²) in [5, 5.41) is 0. The number of fused-ring (bicyclic) bond motifs is 1. The van der Waals surface area contributed by atoms with Gasteiger partial charge in [0.25, 0.3) is 0 Å². The Morgan fingerprint density at radius 1 is 1.31 bits per heavy atom. The molecule has 0 unspecified atom stereocenters. The van der Waals surface area contributed by atoms with Gasteiger partial charge in [0.2, 0.25) is 0 Å². The molecule has 4 atom stereocenters. The lowest BCUT2D eigenvalue weighted by Gasteiger charge is -2.38. The van der Waals surface area contributed by atoms with Crippen molar-refractivity contribution in [1.82, 2.24) is 0 Å². The van der Waals surface area contributed by atoms with Gasteiger partial charge in [0.05, 0.1) is 6.42 Å². The van der Waals surface area contributed by atoms with E-state index in [-0.39, 0.29) is 28.7 Å². The summed E-state index contributed by atoms with van der Waals surface area (Å²) in [4.78, 5) is 11.4. The van der Waals surface area contributed by atoms with Gasteiger partial charge in [-0.3, -0.25) is 4.79 Å². The highest BCUT2D eigenvalue weighted by molar-refractivity contribution is 5.73. The van der Waals surface area contributed by atoms with Crippen LogP contribution in [0.25, 0.3) is 0 Å². The van der Waals surface area contributed by atoms with E-state index < -0.39 is 0 Å². The van der Waals surface area contributed by atoms with Crippen LogP contribution < -0.4 is 0 Å². The Morgan fingerprint density at radius 2 is 2.12 bits per heavy atom. The first-order valence-corrected chi connectivity index (χ1v) is 6.40. The molecule has 0 aromatic carbocycles. The lowest BCUT2D eigenvalue weighted by molar-refractivity contribution is -0.146. The van der Waals surface area contributed by atoms with E-state index in [1.165, 1.54) is 19.3 Å². The van der Waals surface area contributed by atoms with Gasteiger partial charge in [-0.25, -0.2) is 0 Å². The number of hydrogen-bond acceptors (Lipinski definition) is 3. The second-order valence-corrected chi connectivity index (χ2v) is 6.65. The third-order valence-electron chi connectivity index (χ3n) is 5.49. The van der Waals surface area contributed by atoms with Crippen molar-refractivity contribution in [3.63, 3.8) is 0 Å². The number of hydrogen-bond donors (Lipinski definition) is 0. The van der Waals surface area contributed by atoms with Crippen LogP contribution in [0.1, 0.15) is 46.0 Å². The van der Waals surface area contributed by atoms with Crippen LogP contribution in [0.4, 0.5) is 0 Å². The zero-order valence-electron chi connectivity index (χ0n) is 9.91. The predicted molar refractivity (Wildman–Crippen MR) is 56.8 cm³/mol. The average molecular weight is 222 g/mol. The van der Waals surface area contributed by atoms with Crippen LogP contribution in [0.15, 0.2) is 0 Å². The number of carbonyl (C=O) groups excluding carboxylic acids is 1. The van der Waals surface area contributed by atoms with Crippen LogP contribution in [0.5, 0.6) is 0 Å². The summed E-state index contributed by atoms with van der Waals surface area (Å²) in [6.07, 6.45) is 5.33. The molecule has 3 nitrogen and oxygen atoms in total. The Balaban J connectivity index is 1.80. The second-order valence-electron chi connectivity index (χ2n) is 6.65. The Kier molecular flexibility index (Phi) is 1.38. The van der Waals surface area contributed by atoms with Crippen molar-refractivity contribution in [2.75, 3.05) is 0 Å². The number of carbonyl (C=O) groups is 1. The summed E-state index contributed by atoms with van der Waals surface area (Å²) in [7, 11) is 0. The van der Waals surface area contributed by atoms with Gasteiger partial charge in [0.1, 0.15) is 17.3 Å². The quantitative estimate of drug-likeness (QED) is 0.465. The second kappa shape index (κ2) is 2.33. The molecule has 4 fully saturated rings. The van der Waals surface area contributed by atoms with Crippen molar-refractivity contribution in [3.8, 4) is 0 Å². The molecule has 4 rings (SSSR count). The summed E-state index contributed by atoms with van der Waals surface area (Å²) in [5.41, 5.74) is 0.106. The monoisotopic (exact) mass is 222 g/mol. The third-order valence-corrected chi connectivity index (χ3v) is 5.49. The molecule has 0 aromatic rings. The van der Waals surface area contributed by atoms with E-state index in [2.05, 4.69) is 13.8 Å². The summed E-state index contributed by atoms with van der Waals surface area (Å²) in [5.74, 6) is 0.411. The molecule has 0 N–H and O–H groups in total. The fraction of sp³-hybridized carbons (Fsp3) is 0.923. The van der Waals surface area contributed by atoms with Gasteiger partial charge in [-0.15, -0.1) is 0 Å². The van der Waals surface area contributed by atoms with Crippen LogP contribution in [0.2, 0.25) is 0 Å². The fourth-order valence-electron chi connectivity index (χ4n) is 4.90. The van der Waals surface area contributed by atoms with E-state index in [4.69, 9.17) is 9.47 Å². The van der Waals surface area contributed by atoms with E-state index in [0.29, 0.717) is 12.3 Å². The van der Waals surface area contributed by atoms with Crippen molar-refractivity contribution in [2.45, 2.75) is 63.3 Å². The maximum atomic E-state index is 11.4. The van der Waals surface area contributed by atoms with Gasteiger partial charge in [-0.2, -0.15) is 0 Å². The fourth-order valence-corrected chi connectivity index (χ4v) is 4.90. The molecule has 2 aliphatic heterocycles. The van der Waals surface area contributed by atoms with E-state index in [1.807, 2.05) is 0 Å². The summed E-state index contributed by atoms with van der Waals surface area (Å²) >= 11 is 0. The van der Waals surface area contributed by atoms with Crippen LogP contribution in [0.3, 0.4) is 0 Å². The minimum Gasteiger partial charge on any atom is -0.459 e. The molecule has 0 amide bonds. The SMILES string of the molecule is CC1(C)CCC[C@@]23C[C@@H]4CC(=O)O[C@@H]4[C@@]12O3. The van der Waals surface area contributed by atoms with Crippen molar-refractivity contribution >= 4 is 5.97 Å². The minimum absolute atomic E-state index is 0.0187. The highest BCUT2D eigenvalue weighted by Gasteiger charge is 2.86. The molecular formula is C13H18O3. The van der Waals surface area contributed by atoms with E-state index in [9.17, 15) is 4.79 Å². The molecule has 3 heteroatoms. The average Bonchev–Trinajstić information content (AvgIpc) is 2.59. The maximum Gasteiger partial charge on any atom is 0.306 e. The molecule has 2 aliphatic carbocycles. The van der Waals surface area contributed by atoms with Gasteiger partial charge >= 0.3 is 5.97 Å². The number of epoxide rings is 1. The molecule has 2 saturated carbocycles. The molecule has 4 aliphatic rings. The van der Waals surface area contributed by atoms with Crippen molar-refractivity contribution in [3.05, 3.63) is 0 Å². The van der Waals surface area contributed by atoms with Crippen molar-refractivity contribution in [1.29, 1.82) is 0 Å². The van der Waals surface area contributed by atoms with E-state index in [1.54, 1.807) is 0 Å². The molecule has 0 bridgehead atoms. The number of rotatable bonds is 0. The van der Waals surface area contributed by atoms with Crippen LogP contribution in [-0.4, -0.2) is 23.3 Å². The van der Waals surface area contributed by atoms with Gasteiger partial charge in [-0.05, 0) is 25.7 Å². The lowest BCUT2D eigenvalue weighted by atomic mass is 9.64. The van der Waals surface area contributed by atoms with Gasteiger partial charge in [0, 0.05) is 11.3 Å². The Labute approximate surface area is 95.5 Å². The summed E-state index contributed by atoms with van der Waals surface area (Å²) in [6, 6.07) is 0. The normalized spacial score (nSPS) is 56.2. The first-order valence-electron chi connectivity index (χ1n) is 6.40. The Hall–Kier alpha value is -0.570. The van der Waals surface area contributed by atoms with Gasteiger partial charge < -0.3 is 9.47 Å². The number of ether oxygens (including phenoxy) is 2. The first kappa shape index (κ1) is 9.46. The minimum atomic E-state index is -0.130. The van der Waals surface area contributed by atoms with Crippen molar-refractivity contribution < 1.29 is 14.3 Å². The zero-order chi connectivity index (χ0) is 11.2. The smallest absolute Gasteiger partial charge is 0.306 e. The van der Waals surface area contributed by atoms with Crippen molar-refractivity contribution in [2.24, 2.45) is 11.3 Å². The molecular weight excluding hydrogens is 204 g/mol. The first-order chi connectivity index (χ1) is 7.51. The van der Waals surface area contributed by atoms with Gasteiger partial charge in [0.15, 0.2) is 0 Å². The number of esters is 1. The molecule has 0 radical (unpaired) electrons. The lowest BCUT2D eigenvalue weighted by Crippen LogP contribution is -2.48. The highest BCUT2D eigenvalue weighted by atomic mass is 16.7. The third kappa shape index (κ3) is 0.755. The van der Waals surface area contributed by atoms with Crippen LogP contribution >= 0.6 is 0 Å². The molecule has 0 aromatic heterocycles. The molecule has 2 saturated heterocycles. The largest absolute Gasteiger partial charge is 0.459 e.